The summed E-state index contributed by atoms with van der Waals surface area (Å²) in [6.45, 7) is 3.16. The number of fused-ring (bicyclic) bond motifs is 1. The molecule has 0 unspecified atom stereocenters. The second-order valence-electron chi connectivity index (χ2n) is 6.09. The number of hydrogen-bond acceptors (Lipinski definition) is 4. The summed E-state index contributed by atoms with van der Waals surface area (Å²) < 4.78 is 2.21. The molecular formula is C15H23N5O2. The van der Waals surface area contributed by atoms with Gasteiger partial charge in [0.15, 0.2) is 5.82 Å². The summed E-state index contributed by atoms with van der Waals surface area (Å²) in [5, 5.41) is 11.3. The lowest BCUT2D eigenvalue weighted by molar-refractivity contribution is -0.133. The highest BCUT2D eigenvalue weighted by atomic mass is 16.2. The Balaban J connectivity index is 1.77. The first-order valence-electron chi connectivity index (χ1n) is 8.12. The Kier molecular flexibility index (Phi) is 4.40. The summed E-state index contributed by atoms with van der Waals surface area (Å²) >= 11 is 0. The minimum absolute atomic E-state index is 0.000563. The molecule has 1 fully saturated rings. The molecule has 1 N–H and O–H groups in total. The van der Waals surface area contributed by atoms with E-state index >= 15 is 0 Å². The number of likely N-dealkylation sites (tertiary alicyclic amines) is 1. The van der Waals surface area contributed by atoms with Crippen LogP contribution in [0.3, 0.4) is 0 Å². The second kappa shape index (κ2) is 6.46. The molecule has 0 radical (unpaired) electrons. The number of nitrogens with zero attached hydrogens (tertiary/aromatic N) is 4. The van der Waals surface area contributed by atoms with Crippen molar-refractivity contribution < 1.29 is 9.59 Å². The van der Waals surface area contributed by atoms with Crippen LogP contribution in [0.5, 0.6) is 0 Å². The van der Waals surface area contributed by atoms with E-state index in [1.54, 1.807) is 0 Å². The summed E-state index contributed by atoms with van der Waals surface area (Å²) in [5.74, 6) is 1.75. The van der Waals surface area contributed by atoms with Gasteiger partial charge in [0.2, 0.25) is 11.8 Å². The van der Waals surface area contributed by atoms with E-state index in [2.05, 4.69) is 20.1 Å². The molecule has 0 aliphatic carbocycles. The summed E-state index contributed by atoms with van der Waals surface area (Å²) in [4.78, 5) is 25.2. The maximum absolute atomic E-state index is 12.3. The predicted octanol–water partition coefficient (Wildman–Crippen LogP) is 0.804. The molecule has 2 aliphatic heterocycles. The number of nitrogens with one attached hydrogen (secondary N) is 1. The van der Waals surface area contributed by atoms with Gasteiger partial charge >= 0.3 is 0 Å². The van der Waals surface area contributed by atoms with Gasteiger partial charge in [0.05, 0.1) is 12.6 Å². The third-order valence-corrected chi connectivity index (χ3v) is 4.50. The van der Waals surface area contributed by atoms with Gasteiger partial charge in [-0.05, 0) is 25.7 Å². The van der Waals surface area contributed by atoms with Gasteiger partial charge in [-0.1, -0.05) is 6.42 Å². The molecule has 1 aromatic heterocycles. The minimum Gasteiger partial charge on any atom is -0.347 e. The normalized spacial score (nSPS) is 21.3. The van der Waals surface area contributed by atoms with Gasteiger partial charge in [-0.3, -0.25) is 9.59 Å². The van der Waals surface area contributed by atoms with Gasteiger partial charge in [0.1, 0.15) is 5.82 Å². The first-order valence-corrected chi connectivity index (χ1v) is 8.12. The minimum atomic E-state index is -0.180. The van der Waals surface area contributed by atoms with E-state index in [4.69, 9.17) is 0 Å². The quantitative estimate of drug-likeness (QED) is 0.896. The lowest BCUT2D eigenvalue weighted by atomic mass is 10.2. The number of carbonyl (C=O) groups is 2. The smallest absolute Gasteiger partial charge is 0.242 e. The van der Waals surface area contributed by atoms with Crippen molar-refractivity contribution in [1.82, 2.24) is 25.0 Å². The van der Waals surface area contributed by atoms with Crippen LogP contribution in [-0.2, 0) is 22.6 Å². The monoisotopic (exact) mass is 305 g/mol. The SMILES string of the molecule is CC(=O)NCC(=O)N1CCC[C@H]1c1nnc2n1CCCCC2. The molecule has 2 amide bonds. The van der Waals surface area contributed by atoms with Crippen LogP contribution in [0.15, 0.2) is 0 Å². The van der Waals surface area contributed by atoms with Crippen LogP contribution in [0, 0.1) is 0 Å². The maximum atomic E-state index is 12.3. The van der Waals surface area contributed by atoms with Crippen LogP contribution < -0.4 is 5.32 Å². The van der Waals surface area contributed by atoms with E-state index in [0.29, 0.717) is 0 Å². The largest absolute Gasteiger partial charge is 0.347 e. The first-order chi connectivity index (χ1) is 10.7. The molecule has 1 aromatic rings. The molecule has 1 atom stereocenters. The van der Waals surface area contributed by atoms with Crippen molar-refractivity contribution >= 4 is 11.8 Å². The molecule has 3 rings (SSSR count). The highest BCUT2D eigenvalue weighted by Gasteiger charge is 2.34. The summed E-state index contributed by atoms with van der Waals surface area (Å²) in [6.07, 6.45) is 6.39. The van der Waals surface area contributed by atoms with Crippen LogP contribution in [0.4, 0.5) is 0 Å². The summed E-state index contributed by atoms with van der Waals surface area (Å²) in [6, 6.07) is 0.000563. The zero-order valence-corrected chi connectivity index (χ0v) is 13.0. The summed E-state index contributed by atoms with van der Waals surface area (Å²) in [7, 11) is 0. The molecule has 120 valence electrons. The van der Waals surface area contributed by atoms with E-state index in [1.165, 1.54) is 13.3 Å². The third-order valence-electron chi connectivity index (χ3n) is 4.50. The Morgan fingerprint density at radius 3 is 2.86 bits per heavy atom. The standard InChI is InChI=1S/C15H23N5O2/c1-11(21)16-10-14(22)19-9-5-6-12(19)15-18-17-13-7-3-2-4-8-20(13)15/h12H,2-10H2,1H3,(H,16,21)/t12-/m0/s1. The molecule has 22 heavy (non-hydrogen) atoms. The van der Waals surface area contributed by atoms with Gasteiger partial charge in [-0.2, -0.15) is 0 Å². The van der Waals surface area contributed by atoms with Crippen molar-refractivity contribution in [2.75, 3.05) is 13.1 Å². The molecule has 0 bridgehead atoms. The van der Waals surface area contributed by atoms with Gasteiger partial charge in [0, 0.05) is 26.4 Å². The Bertz CT molecular complexity index is 568. The highest BCUT2D eigenvalue weighted by Crippen LogP contribution is 2.32. The predicted molar refractivity (Wildman–Crippen MR) is 79.9 cm³/mol. The lowest BCUT2D eigenvalue weighted by Crippen LogP contribution is -2.39. The van der Waals surface area contributed by atoms with E-state index in [1.807, 2.05) is 4.90 Å². The van der Waals surface area contributed by atoms with Crippen LogP contribution in [0.1, 0.15) is 56.7 Å². The fourth-order valence-electron chi connectivity index (χ4n) is 3.39. The second-order valence-corrected chi connectivity index (χ2v) is 6.09. The van der Waals surface area contributed by atoms with E-state index < -0.39 is 0 Å². The van der Waals surface area contributed by atoms with Crippen molar-refractivity contribution in [1.29, 1.82) is 0 Å². The topological polar surface area (TPSA) is 80.1 Å². The van der Waals surface area contributed by atoms with E-state index in [0.717, 1.165) is 56.8 Å². The average Bonchev–Trinajstić information content (AvgIpc) is 3.05. The molecule has 0 saturated carbocycles. The van der Waals surface area contributed by atoms with Crippen molar-refractivity contribution in [3.8, 4) is 0 Å². The zero-order chi connectivity index (χ0) is 15.5. The lowest BCUT2D eigenvalue weighted by Gasteiger charge is -2.24. The third kappa shape index (κ3) is 2.98. The summed E-state index contributed by atoms with van der Waals surface area (Å²) in [5.41, 5.74) is 0. The number of hydrogen-bond donors (Lipinski definition) is 1. The fourth-order valence-corrected chi connectivity index (χ4v) is 3.39. The van der Waals surface area contributed by atoms with Crippen LogP contribution >= 0.6 is 0 Å². The van der Waals surface area contributed by atoms with Crippen LogP contribution in [-0.4, -0.2) is 44.6 Å². The fraction of sp³-hybridized carbons (Fsp3) is 0.733. The van der Waals surface area contributed by atoms with E-state index in [9.17, 15) is 9.59 Å². The molecule has 0 aromatic carbocycles. The maximum Gasteiger partial charge on any atom is 0.242 e. The first kappa shape index (κ1) is 15.0. The Hall–Kier alpha value is -1.92. The number of carbonyl (C=O) groups excluding carboxylic acids is 2. The molecule has 0 spiro atoms. The van der Waals surface area contributed by atoms with Gasteiger partial charge < -0.3 is 14.8 Å². The average molecular weight is 305 g/mol. The number of amides is 2. The van der Waals surface area contributed by atoms with Crippen molar-refractivity contribution in [3.05, 3.63) is 11.6 Å². The van der Waals surface area contributed by atoms with Crippen LogP contribution in [0.2, 0.25) is 0 Å². The van der Waals surface area contributed by atoms with Crippen molar-refractivity contribution in [2.24, 2.45) is 0 Å². The number of rotatable bonds is 3. The van der Waals surface area contributed by atoms with Crippen molar-refractivity contribution in [3.63, 3.8) is 0 Å². The van der Waals surface area contributed by atoms with Gasteiger partial charge in [-0.15, -0.1) is 10.2 Å². The molecule has 7 nitrogen and oxygen atoms in total. The van der Waals surface area contributed by atoms with Crippen LogP contribution in [0.25, 0.3) is 0 Å². The molecule has 1 saturated heterocycles. The molecule has 3 heterocycles. The molecule has 2 aliphatic rings. The Morgan fingerprint density at radius 1 is 1.18 bits per heavy atom. The highest BCUT2D eigenvalue weighted by molar-refractivity contribution is 5.84. The number of aryl methyl sites for hydroxylation is 1. The number of aromatic nitrogens is 3. The zero-order valence-electron chi connectivity index (χ0n) is 13.0. The molecular weight excluding hydrogens is 282 g/mol. The Morgan fingerprint density at radius 2 is 2.05 bits per heavy atom. The van der Waals surface area contributed by atoms with E-state index in [-0.39, 0.29) is 24.4 Å². The van der Waals surface area contributed by atoms with Crippen molar-refractivity contribution in [2.45, 2.75) is 58.0 Å². The van der Waals surface area contributed by atoms with Gasteiger partial charge in [0.25, 0.3) is 0 Å². The van der Waals surface area contributed by atoms with Gasteiger partial charge in [-0.25, -0.2) is 0 Å². The molecule has 7 heteroatoms. The Labute approximate surface area is 130 Å².